The lowest BCUT2D eigenvalue weighted by Gasteiger charge is -2.06. The second-order valence-electron chi connectivity index (χ2n) is 0.568. The van der Waals surface area contributed by atoms with Crippen molar-refractivity contribution >= 4 is 27.1 Å². The summed E-state index contributed by atoms with van der Waals surface area (Å²) in [5.74, 6) is 0. The van der Waals surface area contributed by atoms with Gasteiger partial charge in [-0.15, -0.1) is 11.4 Å². The Morgan fingerprint density at radius 3 is 2.00 bits per heavy atom. The normalized spacial score (nSPS) is 36.0. The average Bonchev–Trinajstić information content (AvgIpc) is 0.722. The van der Waals surface area contributed by atoms with Crippen molar-refractivity contribution in [3.63, 3.8) is 0 Å². The molecule has 0 N–H and O–H groups in total. The number of hydrogen-bond donors (Lipinski definition) is 0. The van der Waals surface area contributed by atoms with Gasteiger partial charge >= 0.3 is 0 Å². The van der Waals surface area contributed by atoms with Crippen molar-refractivity contribution in [2.45, 2.75) is 0 Å². The fourth-order valence-corrected chi connectivity index (χ4v) is 1.95. The molecule has 1 aliphatic rings. The summed E-state index contributed by atoms with van der Waals surface area (Å²) in [5.41, 5.74) is 1.46. The monoisotopic (exact) mass is 110 g/mol. The van der Waals surface area contributed by atoms with E-state index in [1.165, 1.54) is 21.2 Å². The van der Waals surface area contributed by atoms with Crippen LogP contribution >= 0.6 is 27.1 Å². The molecule has 1 heterocycles. The van der Waals surface area contributed by atoms with Gasteiger partial charge < -0.3 is 0 Å². The predicted octanol–water partition coefficient (Wildman–Crippen LogP) is 1.88. The molecular formula is CH4P2S. The first kappa shape index (κ1) is 3.40. The third-order valence-corrected chi connectivity index (χ3v) is 7.79. The minimum atomic E-state index is 1.27. The van der Waals surface area contributed by atoms with Crippen LogP contribution in [0.15, 0.2) is 0 Å². The van der Waals surface area contributed by atoms with Crippen LogP contribution in [0.2, 0.25) is 0 Å². The van der Waals surface area contributed by atoms with Crippen LogP contribution in [0, 0.1) is 0 Å². The van der Waals surface area contributed by atoms with Gasteiger partial charge in [0.05, 0.1) is 0 Å². The molecule has 1 fully saturated rings. The Hall–Kier alpha value is 1.21. The van der Waals surface area contributed by atoms with E-state index in [4.69, 9.17) is 0 Å². The third kappa shape index (κ3) is 0.578. The van der Waals surface area contributed by atoms with Gasteiger partial charge in [-0.1, -0.05) is 8.27 Å². The highest BCUT2D eigenvalue weighted by atomic mass is 32.9. The molecule has 1 aliphatic heterocycles. The Kier molecular flexibility index (Phi) is 1.36. The van der Waals surface area contributed by atoms with Crippen molar-refractivity contribution in [1.29, 1.82) is 0 Å². The van der Waals surface area contributed by atoms with E-state index in [0.29, 0.717) is 0 Å². The van der Waals surface area contributed by atoms with Gasteiger partial charge in [0.25, 0.3) is 0 Å². The molecule has 0 aromatic heterocycles. The maximum absolute atomic E-state index is 2.08. The summed E-state index contributed by atoms with van der Waals surface area (Å²) >= 11 is 2.08. The summed E-state index contributed by atoms with van der Waals surface area (Å²) in [6.45, 7) is 0. The van der Waals surface area contributed by atoms with Gasteiger partial charge in [0.15, 0.2) is 0 Å². The molecule has 0 aliphatic carbocycles. The van der Waals surface area contributed by atoms with E-state index in [-0.39, 0.29) is 0 Å². The Morgan fingerprint density at radius 2 is 2.00 bits per heavy atom. The molecule has 0 saturated carbocycles. The lowest BCUT2D eigenvalue weighted by atomic mass is 11.9. The topological polar surface area (TPSA) is 0 Å². The second kappa shape index (κ2) is 1.60. The number of hydrogen-bond acceptors (Lipinski definition) is 1. The number of rotatable bonds is 0. The van der Waals surface area contributed by atoms with Crippen LogP contribution in [0.4, 0.5) is 0 Å². The summed E-state index contributed by atoms with van der Waals surface area (Å²) in [7, 11) is 2.58. The third-order valence-electron chi connectivity index (χ3n) is 0.289. The molecular weight excluding hydrogens is 106 g/mol. The molecule has 0 amide bonds. The fraction of sp³-hybridized carbons (Fsp3) is 1.00. The summed E-state index contributed by atoms with van der Waals surface area (Å²) in [5, 5.41) is 0. The SMILES string of the molecule is C1PPS1. The van der Waals surface area contributed by atoms with Crippen LogP contribution in [-0.4, -0.2) is 5.49 Å². The Balaban J connectivity index is 2.00. The molecule has 0 spiro atoms. The van der Waals surface area contributed by atoms with Gasteiger partial charge in [0.1, 0.15) is 0 Å². The summed E-state index contributed by atoms with van der Waals surface area (Å²) in [6.07, 6.45) is 0. The van der Waals surface area contributed by atoms with Gasteiger partial charge in [-0.3, -0.25) is 0 Å². The largest absolute Gasteiger partial charge is 0.128 e. The molecule has 1 saturated heterocycles. The van der Waals surface area contributed by atoms with Crippen LogP contribution in [0.5, 0.6) is 0 Å². The van der Waals surface area contributed by atoms with E-state index in [1.807, 2.05) is 0 Å². The Labute approximate surface area is 33.3 Å². The Morgan fingerprint density at radius 1 is 1.75 bits per heavy atom. The van der Waals surface area contributed by atoms with Crippen LogP contribution in [0.1, 0.15) is 0 Å². The van der Waals surface area contributed by atoms with Crippen molar-refractivity contribution in [3.05, 3.63) is 0 Å². The zero-order valence-corrected chi connectivity index (χ0v) is 4.93. The van der Waals surface area contributed by atoms with E-state index >= 15 is 0 Å². The van der Waals surface area contributed by atoms with E-state index in [9.17, 15) is 0 Å². The molecule has 0 radical (unpaired) electrons. The van der Waals surface area contributed by atoms with Crippen molar-refractivity contribution in [2.75, 3.05) is 5.49 Å². The smallest absolute Gasteiger partial charge is 0.0195 e. The average molecular weight is 110 g/mol. The maximum Gasteiger partial charge on any atom is 0.0195 e. The van der Waals surface area contributed by atoms with Crippen LogP contribution in [0.25, 0.3) is 0 Å². The lowest BCUT2D eigenvalue weighted by Crippen LogP contribution is -1.56. The molecule has 4 heavy (non-hydrogen) atoms. The van der Waals surface area contributed by atoms with Crippen molar-refractivity contribution in [3.8, 4) is 0 Å². The van der Waals surface area contributed by atoms with Gasteiger partial charge in [0, 0.05) is 5.49 Å². The molecule has 1 rings (SSSR count). The maximum atomic E-state index is 2.08. The first-order valence-electron chi connectivity index (χ1n) is 1.10. The predicted molar refractivity (Wildman–Crippen MR) is 29.1 cm³/mol. The molecule has 2 unspecified atom stereocenters. The first-order valence-corrected chi connectivity index (χ1v) is 6.01. The van der Waals surface area contributed by atoms with E-state index in [1.54, 1.807) is 0 Å². The first-order chi connectivity index (χ1) is 2.00. The van der Waals surface area contributed by atoms with Gasteiger partial charge in [-0.25, -0.2) is 0 Å². The van der Waals surface area contributed by atoms with E-state index < -0.39 is 0 Å². The minimum absolute atomic E-state index is 1.27. The van der Waals surface area contributed by atoms with Crippen molar-refractivity contribution in [2.24, 2.45) is 0 Å². The molecule has 0 aromatic rings. The van der Waals surface area contributed by atoms with Gasteiger partial charge in [-0.2, -0.15) is 0 Å². The highest BCUT2D eigenvalue weighted by molar-refractivity contribution is 8.76. The van der Waals surface area contributed by atoms with E-state index in [0.717, 1.165) is 0 Å². The molecule has 3 heteroatoms. The van der Waals surface area contributed by atoms with Crippen LogP contribution in [0.3, 0.4) is 0 Å². The molecule has 2 atom stereocenters. The zero-order chi connectivity index (χ0) is 2.83. The van der Waals surface area contributed by atoms with Gasteiger partial charge in [-0.05, 0) is 7.47 Å². The minimum Gasteiger partial charge on any atom is -0.128 e. The Bertz CT molecular complexity index is 14.0. The molecule has 0 aromatic carbocycles. The molecule has 0 nitrogen and oxygen atoms in total. The highest BCUT2D eigenvalue weighted by Gasteiger charge is 1.95. The standard InChI is InChI=1S/CH4P2S/c1-2-3-4-1/h2-3H,1H2. The summed E-state index contributed by atoms with van der Waals surface area (Å²) < 4.78 is 0. The summed E-state index contributed by atoms with van der Waals surface area (Å²) in [6, 6.07) is 0. The van der Waals surface area contributed by atoms with Gasteiger partial charge in [0.2, 0.25) is 0 Å². The quantitative estimate of drug-likeness (QED) is 0.429. The molecule has 24 valence electrons. The van der Waals surface area contributed by atoms with Crippen LogP contribution in [-0.2, 0) is 0 Å². The van der Waals surface area contributed by atoms with E-state index in [2.05, 4.69) is 11.4 Å². The summed E-state index contributed by atoms with van der Waals surface area (Å²) in [4.78, 5) is 0. The van der Waals surface area contributed by atoms with Crippen LogP contribution < -0.4 is 0 Å². The fourth-order valence-electron chi connectivity index (χ4n) is 0.0722. The van der Waals surface area contributed by atoms with Crippen molar-refractivity contribution in [1.82, 2.24) is 0 Å². The molecule has 0 bridgehead atoms. The highest BCUT2D eigenvalue weighted by Crippen LogP contribution is 2.61. The zero-order valence-electron chi connectivity index (χ0n) is 2.12. The second-order valence-corrected chi connectivity index (χ2v) is 6.94. The van der Waals surface area contributed by atoms with Crippen molar-refractivity contribution < 1.29 is 0 Å². The lowest BCUT2D eigenvalue weighted by molar-refractivity contribution is 2.31.